The third-order valence-electron chi connectivity index (χ3n) is 1.95. The predicted octanol–water partition coefficient (Wildman–Crippen LogP) is 2.19. The molecule has 2 aromatic heterocycles. The molecule has 0 aliphatic rings. The lowest BCUT2D eigenvalue weighted by molar-refractivity contribution is 0.745. The smallest absolute Gasteiger partial charge is 0.201 e. The van der Waals surface area contributed by atoms with E-state index in [2.05, 4.69) is 20.2 Å². The largest absolute Gasteiger partial charge is 0.322 e. The van der Waals surface area contributed by atoms with Crippen molar-refractivity contribution in [1.29, 1.82) is 0 Å². The van der Waals surface area contributed by atoms with Gasteiger partial charge in [-0.25, -0.2) is 9.97 Å². The van der Waals surface area contributed by atoms with Crippen LogP contribution in [0.4, 0.5) is 0 Å². The molecule has 0 aliphatic carbocycles. The summed E-state index contributed by atoms with van der Waals surface area (Å²) in [5.41, 5.74) is 6.14. The van der Waals surface area contributed by atoms with Crippen molar-refractivity contribution in [2.24, 2.45) is 5.73 Å². The highest BCUT2D eigenvalue weighted by molar-refractivity contribution is 6.35. The third kappa shape index (κ3) is 2.16. The van der Waals surface area contributed by atoms with Gasteiger partial charge in [-0.2, -0.15) is 5.10 Å². The summed E-state index contributed by atoms with van der Waals surface area (Å²) >= 11 is 11.7. The standard InChI is InChI=1S/C9H9Cl2N5/c1-4(12)8-14-9(16-15-8)7-6(11)2-5(10)3-13-7/h2-4H,12H2,1H3,(H,14,15,16). The minimum atomic E-state index is -0.215. The second-order valence-corrected chi connectivity index (χ2v) is 4.16. The van der Waals surface area contributed by atoms with Gasteiger partial charge in [0, 0.05) is 6.20 Å². The molecule has 84 valence electrons. The number of nitrogens with two attached hydrogens (primary N) is 1. The fraction of sp³-hybridized carbons (Fsp3) is 0.222. The summed E-state index contributed by atoms with van der Waals surface area (Å²) in [7, 11) is 0. The first-order valence-corrected chi connectivity index (χ1v) is 5.33. The molecule has 1 unspecified atom stereocenters. The van der Waals surface area contributed by atoms with Gasteiger partial charge in [0.05, 0.1) is 16.1 Å². The molecule has 0 spiro atoms. The lowest BCUT2D eigenvalue weighted by atomic mass is 10.3. The number of hydrogen-bond donors (Lipinski definition) is 2. The molecule has 0 saturated carbocycles. The number of hydrogen-bond acceptors (Lipinski definition) is 4. The zero-order valence-electron chi connectivity index (χ0n) is 8.41. The van der Waals surface area contributed by atoms with Gasteiger partial charge in [-0.1, -0.05) is 23.2 Å². The Bertz CT molecular complexity index is 508. The molecule has 0 amide bonds. The topological polar surface area (TPSA) is 80.5 Å². The Balaban J connectivity index is 2.42. The minimum absolute atomic E-state index is 0.215. The maximum absolute atomic E-state index is 5.98. The number of pyridine rings is 1. The monoisotopic (exact) mass is 257 g/mol. The molecular weight excluding hydrogens is 249 g/mol. The van der Waals surface area contributed by atoms with Crippen LogP contribution in [0.3, 0.4) is 0 Å². The van der Waals surface area contributed by atoms with Crippen LogP contribution in [0.1, 0.15) is 18.8 Å². The molecule has 2 heterocycles. The van der Waals surface area contributed by atoms with Crippen molar-refractivity contribution in [3.8, 4) is 11.5 Å². The number of nitrogens with zero attached hydrogens (tertiary/aromatic N) is 3. The first-order valence-electron chi connectivity index (χ1n) is 4.57. The Hall–Kier alpha value is -1.17. The number of rotatable bonds is 2. The average molecular weight is 258 g/mol. The number of H-pyrrole nitrogens is 1. The van der Waals surface area contributed by atoms with Crippen molar-refractivity contribution < 1.29 is 0 Å². The first-order chi connectivity index (χ1) is 7.58. The highest BCUT2D eigenvalue weighted by Crippen LogP contribution is 2.25. The van der Waals surface area contributed by atoms with Crippen molar-refractivity contribution in [2.45, 2.75) is 13.0 Å². The zero-order valence-corrected chi connectivity index (χ0v) is 9.92. The second-order valence-electron chi connectivity index (χ2n) is 3.32. The van der Waals surface area contributed by atoms with E-state index in [0.29, 0.717) is 27.4 Å². The van der Waals surface area contributed by atoms with Crippen molar-refractivity contribution in [3.05, 3.63) is 28.1 Å². The molecule has 7 heteroatoms. The molecular formula is C9H9Cl2N5. The van der Waals surface area contributed by atoms with Gasteiger partial charge >= 0.3 is 0 Å². The van der Waals surface area contributed by atoms with E-state index < -0.39 is 0 Å². The van der Waals surface area contributed by atoms with Crippen LogP contribution in [0.5, 0.6) is 0 Å². The Morgan fingerprint density at radius 1 is 1.44 bits per heavy atom. The van der Waals surface area contributed by atoms with Gasteiger partial charge in [0.1, 0.15) is 11.5 Å². The molecule has 0 fully saturated rings. The molecule has 2 rings (SSSR count). The molecule has 5 nitrogen and oxygen atoms in total. The Kier molecular flexibility index (Phi) is 3.09. The number of halogens is 2. The Morgan fingerprint density at radius 2 is 2.19 bits per heavy atom. The summed E-state index contributed by atoms with van der Waals surface area (Å²) in [6, 6.07) is 1.38. The van der Waals surface area contributed by atoms with E-state index in [0.717, 1.165) is 0 Å². The zero-order chi connectivity index (χ0) is 11.7. The van der Waals surface area contributed by atoms with Crippen LogP contribution in [0.25, 0.3) is 11.5 Å². The molecule has 0 saturated heterocycles. The summed E-state index contributed by atoms with van der Waals surface area (Å²) in [6.45, 7) is 1.81. The van der Waals surface area contributed by atoms with E-state index in [1.54, 1.807) is 13.0 Å². The maximum Gasteiger partial charge on any atom is 0.201 e. The van der Waals surface area contributed by atoms with Crippen molar-refractivity contribution in [3.63, 3.8) is 0 Å². The SMILES string of the molecule is CC(N)c1nc(-c2ncc(Cl)cc2Cl)n[nH]1. The van der Waals surface area contributed by atoms with Crippen LogP contribution >= 0.6 is 23.2 Å². The summed E-state index contributed by atoms with van der Waals surface area (Å²) < 4.78 is 0. The van der Waals surface area contributed by atoms with E-state index in [1.807, 2.05) is 0 Å². The van der Waals surface area contributed by atoms with E-state index >= 15 is 0 Å². The van der Waals surface area contributed by atoms with Crippen LogP contribution in [0.2, 0.25) is 10.0 Å². The normalized spacial score (nSPS) is 12.8. The molecule has 3 N–H and O–H groups in total. The lowest BCUT2D eigenvalue weighted by Crippen LogP contribution is -2.06. The molecule has 0 bridgehead atoms. The van der Waals surface area contributed by atoms with E-state index in [9.17, 15) is 0 Å². The van der Waals surface area contributed by atoms with Gasteiger partial charge in [0.2, 0.25) is 5.82 Å². The second kappa shape index (κ2) is 4.37. The van der Waals surface area contributed by atoms with Gasteiger partial charge in [-0.3, -0.25) is 5.10 Å². The van der Waals surface area contributed by atoms with Gasteiger partial charge in [-0.05, 0) is 13.0 Å². The van der Waals surface area contributed by atoms with Gasteiger partial charge < -0.3 is 5.73 Å². The van der Waals surface area contributed by atoms with Crippen LogP contribution < -0.4 is 5.73 Å². The van der Waals surface area contributed by atoms with Crippen molar-refractivity contribution in [2.75, 3.05) is 0 Å². The molecule has 1 atom stereocenters. The summed E-state index contributed by atoms with van der Waals surface area (Å²) in [5.74, 6) is 0.997. The van der Waals surface area contributed by atoms with Gasteiger partial charge in [-0.15, -0.1) is 0 Å². The summed E-state index contributed by atoms with van der Waals surface area (Å²) in [5, 5.41) is 7.59. The van der Waals surface area contributed by atoms with Crippen LogP contribution in [0, 0.1) is 0 Å². The highest BCUT2D eigenvalue weighted by atomic mass is 35.5. The first kappa shape index (κ1) is 11.3. The number of nitrogens with one attached hydrogen (secondary N) is 1. The molecule has 0 aliphatic heterocycles. The Morgan fingerprint density at radius 3 is 2.75 bits per heavy atom. The summed E-state index contributed by atoms with van der Waals surface area (Å²) in [6.07, 6.45) is 1.49. The van der Waals surface area contributed by atoms with Gasteiger partial charge in [0.25, 0.3) is 0 Å². The van der Waals surface area contributed by atoms with Crippen LogP contribution in [-0.2, 0) is 0 Å². The van der Waals surface area contributed by atoms with E-state index in [4.69, 9.17) is 28.9 Å². The fourth-order valence-electron chi connectivity index (χ4n) is 1.16. The average Bonchev–Trinajstić information content (AvgIpc) is 2.66. The predicted molar refractivity (Wildman–Crippen MR) is 62.2 cm³/mol. The summed E-state index contributed by atoms with van der Waals surface area (Å²) in [4.78, 5) is 8.26. The van der Waals surface area contributed by atoms with Crippen LogP contribution in [-0.4, -0.2) is 20.2 Å². The van der Waals surface area contributed by atoms with E-state index in [-0.39, 0.29) is 6.04 Å². The van der Waals surface area contributed by atoms with Crippen LogP contribution in [0.15, 0.2) is 12.3 Å². The molecule has 0 radical (unpaired) electrons. The minimum Gasteiger partial charge on any atom is -0.322 e. The number of aromatic amines is 1. The van der Waals surface area contributed by atoms with Gasteiger partial charge in [0.15, 0.2) is 0 Å². The van der Waals surface area contributed by atoms with E-state index in [1.165, 1.54) is 6.20 Å². The highest BCUT2D eigenvalue weighted by Gasteiger charge is 2.13. The molecule has 0 aromatic carbocycles. The molecule has 2 aromatic rings. The van der Waals surface area contributed by atoms with Crippen molar-refractivity contribution >= 4 is 23.2 Å². The number of aromatic nitrogens is 4. The third-order valence-corrected chi connectivity index (χ3v) is 2.45. The maximum atomic E-state index is 5.98. The fourth-order valence-corrected chi connectivity index (χ4v) is 1.63. The lowest BCUT2D eigenvalue weighted by Gasteiger charge is -1.98. The van der Waals surface area contributed by atoms with Crippen molar-refractivity contribution in [1.82, 2.24) is 20.2 Å². The quantitative estimate of drug-likeness (QED) is 0.865. The Labute approximate surface area is 102 Å². The molecule has 16 heavy (non-hydrogen) atoms.